The van der Waals surface area contributed by atoms with Gasteiger partial charge in [0.25, 0.3) is 0 Å². The highest BCUT2D eigenvalue weighted by molar-refractivity contribution is 5.73. The average molecular weight is 173 g/mol. The molecule has 0 fully saturated rings. The summed E-state index contributed by atoms with van der Waals surface area (Å²) in [5, 5.41) is 0. The molecule has 0 rings (SSSR count). The summed E-state index contributed by atoms with van der Waals surface area (Å²) in [6.07, 6.45) is 0. The number of rotatable bonds is 2. The van der Waals surface area contributed by atoms with Crippen LogP contribution in [0.4, 0.5) is 0 Å². The van der Waals surface area contributed by atoms with Gasteiger partial charge in [-0.2, -0.15) is 0 Å². The summed E-state index contributed by atoms with van der Waals surface area (Å²) in [7, 11) is 0. The van der Waals surface area contributed by atoms with Crippen molar-refractivity contribution < 1.29 is 9.53 Å². The lowest BCUT2D eigenvalue weighted by Crippen LogP contribution is -2.35. The molecular weight excluding hydrogens is 154 g/mol. The molecule has 3 heteroatoms. The Bertz CT molecular complexity index is 158. The molecule has 72 valence electrons. The summed E-state index contributed by atoms with van der Waals surface area (Å²) < 4.78 is 5.14. The van der Waals surface area contributed by atoms with E-state index in [9.17, 15) is 4.79 Å². The molecule has 0 aliphatic rings. The van der Waals surface area contributed by atoms with Gasteiger partial charge in [-0.05, 0) is 27.7 Å². The predicted octanol–water partition coefficient (Wildman–Crippen LogP) is 1.31. The van der Waals surface area contributed by atoms with Gasteiger partial charge in [-0.1, -0.05) is 6.92 Å². The Morgan fingerprint density at radius 2 is 1.75 bits per heavy atom. The maximum Gasteiger partial charge on any atom is 0.310 e. The normalized spacial score (nSPS) is 16.8. The maximum absolute atomic E-state index is 11.3. The molecule has 0 aromatic rings. The molecule has 0 amide bonds. The van der Waals surface area contributed by atoms with E-state index in [4.69, 9.17) is 10.5 Å². The molecule has 0 bridgehead atoms. The van der Waals surface area contributed by atoms with E-state index < -0.39 is 5.60 Å². The Balaban J connectivity index is 4.05. The topological polar surface area (TPSA) is 52.3 Å². The zero-order valence-electron chi connectivity index (χ0n) is 8.55. The first-order valence-electron chi connectivity index (χ1n) is 4.22. The van der Waals surface area contributed by atoms with E-state index in [1.807, 2.05) is 20.8 Å². The Morgan fingerprint density at radius 3 is 2.00 bits per heavy atom. The van der Waals surface area contributed by atoms with Crippen LogP contribution in [-0.4, -0.2) is 17.6 Å². The molecule has 3 nitrogen and oxygen atoms in total. The van der Waals surface area contributed by atoms with Crippen molar-refractivity contribution in [1.29, 1.82) is 0 Å². The first-order chi connectivity index (χ1) is 5.24. The van der Waals surface area contributed by atoms with Crippen LogP contribution >= 0.6 is 0 Å². The van der Waals surface area contributed by atoms with Crippen LogP contribution in [0, 0.1) is 5.92 Å². The van der Waals surface area contributed by atoms with E-state index in [1.54, 1.807) is 13.8 Å². The molecule has 2 N–H and O–H groups in total. The third-order valence-electron chi connectivity index (χ3n) is 1.57. The van der Waals surface area contributed by atoms with Crippen molar-refractivity contribution in [3.63, 3.8) is 0 Å². The summed E-state index contributed by atoms with van der Waals surface area (Å²) in [5.41, 5.74) is 5.14. The third kappa shape index (κ3) is 4.34. The van der Waals surface area contributed by atoms with Crippen molar-refractivity contribution in [1.82, 2.24) is 0 Å². The van der Waals surface area contributed by atoms with Gasteiger partial charge in [0.2, 0.25) is 0 Å². The second-order valence-electron chi connectivity index (χ2n) is 4.18. The highest BCUT2D eigenvalue weighted by Crippen LogP contribution is 2.12. The van der Waals surface area contributed by atoms with Crippen LogP contribution in [0.1, 0.15) is 34.6 Å². The SMILES string of the molecule is C[C@@H](N)[C@@H](C)C(=O)OC(C)(C)C. The van der Waals surface area contributed by atoms with Crippen molar-refractivity contribution in [3.05, 3.63) is 0 Å². The Labute approximate surface area is 74.3 Å². The van der Waals surface area contributed by atoms with Crippen LogP contribution in [-0.2, 0) is 9.53 Å². The average Bonchev–Trinajstić information content (AvgIpc) is 1.82. The number of esters is 1. The quantitative estimate of drug-likeness (QED) is 0.640. The number of nitrogens with two attached hydrogens (primary N) is 1. The van der Waals surface area contributed by atoms with Gasteiger partial charge in [-0.25, -0.2) is 0 Å². The number of ether oxygens (including phenoxy) is 1. The predicted molar refractivity (Wildman–Crippen MR) is 48.7 cm³/mol. The Kier molecular flexibility index (Phi) is 3.71. The molecule has 2 atom stereocenters. The third-order valence-corrected chi connectivity index (χ3v) is 1.57. The van der Waals surface area contributed by atoms with Crippen LogP contribution in [0.25, 0.3) is 0 Å². The summed E-state index contributed by atoms with van der Waals surface area (Å²) in [4.78, 5) is 11.3. The fraction of sp³-hybridized carbons (Fsp3) is 0.889. The van der Waals surface area contributed by atoms with Gasteiger partial charge in [0.05, 0.1) is 5.92 Å². The van der Waals surface area contributed by atoms with Crippen molar-refractivity contribution in [3.8, 4) is 0 Å². The highest BCUT2D eigenvalue weighted by Gasteiger charge is 2.23. The van der Waals surface area contributed by atoms with E-state index in [2.05, 4.69) is 0 Å². The van der Waals surface area contributed by atoms with Gasteiger partial charge in [0.1, 0.15) is 5.60 Å². The second kappa shape index (κ2) is 3.90. The molecule has 12 heavy (non-hydrogen) atoms. The molecule has 0 saturated heterocycles. The van der Waals surface area contributed by atoms with Gasteiger partial charge in [-0.15, -0.1) is 0 Å². The van der Waals surface area contributed by atoms with Crippen LogP contribution in [0.15, 0.2) is 0 Å². The first-order valence-corrected chi connectivity index (χ1v) is 4.22. The summed E-state index contributed by atoms with van der Waals surface area (Å²) in [5.74, 6) is -0.457. The van der Waals surface area contributed by atoms with Gasteiger partial charge in [0, 0.05) is 6.04 Å². The standard InChI is InChI=1S/C9H19NO2/c1-6(7(2)10)8(11)12-9(3,4)5/h6-7H,10H2,1-5H3/t6-,7-/m1/s1. The molecule has 0 aromatic heterocycles. The Morgan fingerprint density at radius 1 is 1.33 bits per heavy atom. The second-order valence-corrected chi connectivity index (χ2v) is 4.18. The van der Waals surface area contributed by atoms with Gasteiger partial charge in [-0.3, -0.25) is 4.79 Å². The van der Waals surface area contributed by atoms with E-state index >= 15 is 0 Å². The number of hydrogen-bond donors (Lipinski definition) is 1. The minimum Gasteiger partial charge on any atom is -0.460 e. The number of carbonyl (C=O) groups excluding carboxylic acids is 1. The molecule has 0 aliphatic heterocycles. The lowest BCUT2D eigenvalue weighted by Gasteiger charge is -2.23. The largest absolute Gasteiger partial charge is 0.460 e. The zero-order valence-corrected chi connectivity index (χ0v) is 8.55. The van der Waals surface area contributed by atoms with E-state index in [0.29, 0.717) is 0 Å². The lowest BCUT2D eigenvalue weighted by molar-refractivity contribution is -0.159. The fourth-order valence-electron chi connectivity index (χ4n) is 0.609. The van der Waals surface area contributed by atoms with Gasteiger partial charge < -0.3 is 10.5 Å². The maximum atomic E-state index is 11.3. The molecule has 0 heterocycles. The summed E-state index contributed by atoms with van der Waals surface area (Å²) in [6, 6.07) is -0.153. The van der Waals surface area contributed by atoms with Crippen molar-refractivity contribution in [2.75, 3.05) is 0 Å². The van der Waals surface area contributed by atoms with Crippen LogP contribution in [0.2, 0.25) is 0 Å². The number of hydrogen-bond acceptors (Lipinski definition) is 3. The molecule has 0 unspecified atom stereocenters. The molecular formula is C9H19NO2. The minimum atomic E-state index is -0.416. The first kappa shape index (κ1) is 11.4. The molecule has 0 saturated carbocycles. The Hall–Kier alpha value is -0.570. The van der Waals surface area contributed by atoms with Gasteiger partial charge >= 0.3 is 5.97 Å². The van der Waals surface area contributed by atoms with Crippen molar-refractivity contribution >= 4 is 5.97 Å². The summed E-state index contributed by atoms with van der Waals surface area (Å²) in [6.45, 7) is 9.11. The fourth-order valence-corrected chi connectivity index (χ4v) is 0.609. The summed E-state index contributed by atoms with van der Waals surface area (Å²) >= 11 is 0. The van der Waals surface area contributed by atoms with E-state index in [0.717, 1.165) is 0 Å². The molecule has 0 spiro atoms. The van der Waals surface area contributed by atoms with Crippen molar-refractivity contribution in [2.24, 2.45) is 11.7 Å². The highest BCUT2D eigenvalue weighted by atomic mass is 16.6. The van der Waals surface area contributed by atoms with Crippen molar-refractivity contribution in [2.45, 2.75) is 46.3 Å². The molecule has 0 aliphatic carbocycles. The molecule has 0 radical (unpaired) electrons. The smallest absolute Gasteiger partial charge is 0.310 e. The zero-order chi connectivity index (χ0) is 9.94. The lowest BCUT2D eigenvalue weighted by atomic mass is 10.0. The monoisotopic (exact) mass is 173 g/mol. The minimum absolute atomic E-state index is 0.153. The van der Waals surface area contributed by atoms with E-state index in [1.165, 1.54) is 0 Å². The number of carbonyl (C=O) groups is 1. The molecule has 0 aromatic carbocycles. The van der Waals surface area contributed by atoms with E-state index in [-0.39, 0.29) is 17.9 Å². The van der Waals surface area contributed by atoms with Crippen LogP contribution in [0.3, 0.4) is 0 Å². The van der Waals surface area contributed by atoms with Crippen LogP contribution < -0.4 is 5.73 Å². The van der Waals surface area contributed by atoms with Gasteiger partial charge in [0.15, 0.2) is 0 Å². The van der Waals surface area contributed by atoms with Crippen LogP contribution in [0.5, 0.6) is 0 Å².